The fraction of sp³-hybridized carbons (Fsp3) is 0.900. The number of aliphatic hydroxyl groups is 1. The molecular formula is C30H50O6. The van der Waals surface area contributed by atoms with Crippen LogP contribution in [0, 0.1) is 46.3 Å². The molecule has 0 radical (unpaired) electrons. The van der Waals surface area contributed by atoms with Crippen molar-refractivity contribution in [3.63, 3.8) is 0 Å². The van der Waals surface area contributed by atoms with Gasteiger partial charge >= 0.3 is 11.9 Å². The van der Waals surface area contributed by atoms with Gasteiger partial charge in [-0.15, -0.1) is 0 Å². The van der Waals surface area contributed by atoms with Crippen molar-refractivity contribution in [2.45, 2.75) is 118 Å². The fourth-order valence-electron chi connectivity index (χ4n) is 9.05. The first-order chi connectivity index (χ1) is 17.0. The van der Waals surface area contributed by atoms with E-state index in [1.165, 1.54) is 26.7 Å². The molecule has 4 saturated carbocycles. The number of carbonyl (C=O) groups is 3. The van der Waals surface area contributed by atoms with Gasteiger partial charge in [0.05, 0.1) is 0 Å². The summed E-state index contributed by atoms with van der Waals surface area (Å²) in [4.78, 5) is 33.5. The largest absolute Gasteiger partial charge is 0.462 e. The van der Waals surface area contributed by atoms with E-state index in [-0.39, 0.29) is 47.5 Å². The fourth-order valence-corrected chi connectivity index (χ4v) is 9.05. The minimum atomic E-state index is -0.170. The number of rotatable bonds is 6. The van der Waals surface area contributed by atoms with Crippen molar-refractivity contribution in [1.29, 1.82) is 0 Å². The number of ether oxygens (including phenoxy) is 2. The number of hydrogen-bond acceptors (Lipinski definition) is 6. The Morgan fingerprint density at radius 1 is 0.833 bits per heavy atom. The van der Waals surface area contributed by atoms with E-state index in [1.807, 2.05) is 6.92 Å². The number of aliphatic hydroxyl groups excluding tert-OH is 1. The van der Waals surface area contributed by atoms with Crippen molar-refractivity contribution in [1.82, 2.24) is 0 Å². The Morgan fingerprint density at radius 2 is 1.28 bits per heavy atom. The molecule has 4 rings (SSSR count). The van der Waals surface area contributed by atoms with Crippen molar-refractivity contribution in [3.8, 4) is 0 Å². The van der Waals surface area contributed by atoms with Crippen LogP contribution in [0.1, 0.15) is 106 Å². The summed E-state index contributed by atoms with van der Waals surface area (Å²) in [5.74, 6) is 2.13. The second-order valence-electron chi connectivity index (χ2n) is 12.8. The molecule has 0 bridgehead atoms. The first kappa shape index (κ1) is 29.1. The van der Waals surface area contributed by atoms with Crippen LogP contribution in [0.2, 0.25) is 0 Å². The molecule has 0 amide bonds. The molecule has 0 spiro atoms. The second-order valence-corrected chi connectivity index (χ2v) is 12.8. The van der Waals surface area contributed by atoms with E-state index in [2.05, 4.69) is 20.8 Å². The van der Waals surface area contributed by atoms with E-state index >= 15 is 0 Å². The van der Waals surface area contributed by atoms with Gasteiger partial charge in [-0.05, 0) is 92.8 Å². The predicted molar refractivity (Wildman–Crippen MR) is 139 cm³/mol. The van der Waals surface area contributed by atoms with Crippen LogP contribution in [0.15, 0.2) is 0 Å². The molecule has 0 saturated heterocycles. The molecule has 10 atom stereocenters. The van der Waals surface area contributed by atoms with Gasteiger partial charge in [-0.2, -0.15) is 0 Å². The Morgan fingerprint density at radius 3 is 1.69 bits per heavy atom. The minimum Gasteiger partial charge on any atom is -0.462 e. The van der Waals surface area contributed by atoms with Crippen LogP contribution in [-0.4, -0.2) is 42.1 Å². The summed E-state index contributed by atoms with van der Waals surface area (Å²) >= 11 is 0. The lowest BCUT2D eigenvalue weighted by Gasteiger charge is -2.45. The summed E-state index contributed by atoms with van der Waals surface area (Å²) in [6.07, 6.45) is 12.4. The normalized spacial score (nSPS) is 41.1. The topological polar surface area (TPSA) is 89.9 Å². The molecule has 4 fully saturated rings. The number of hydrogen-bond donors (Lipinski definition) is 1. The van der Waals surface area contributed by atoms with Crippen LogP contribution < -0.4 is 0 Å². The molecule has 0 aromatic heterocycles. The summed E-state index contributed by atoms with van der Waals surface area (Å²) in [7, 11) is 0. The smallest absolute Gasteiger partial charge is 0.302 e. The van der Waals surface area contributed by atoms with Crippen LogP contribution >= 0.6 is 0 Å². The number of esters is 2. The first-order valence-electron chi connectivity index (χ1n) is 14.4. The highest BCUT2D eigenvalue weighted by molar-refractivity contribution is 5.66. The van der Waals surface area contributed by atoms with Gasteiger partial charge in [0.1, 0.15) is 18.5 Å². The molecule has 6 nitrogen and oxygen atoms in total. The van der Waals surface area contributed by atoms with Crippen molar-refractivity contribution in [2.24, 2.45) is 46.3 Å². The molecule has 6 heteroatoms. The lowest BCUT2D eigenvalue weighted by atomic mass is 9.62. The number of fused-ring (bicyclic) bond motifs is 2. The maximum Gasteiger partial charge on any atom is 0.302 e. The van der Waals surface area contributed by atoms with E-state index in [4.69, 9.17) is 9.47 Å². The van der Waals surface area contributed by atoms with Crippen LogP contribution in [-0.2, 0) is 23.9 Å². The SMILES string of the molecule is CC(=O)O[C@H]1CCC[C@]2(C)C(C(C)C=O)CCC12.CC(=O)O[C@H]1CCC[C@]2(C)C(C(C)CO)CCC12. The Hall–Kier alpha value is -1.43. The summed E-state index contributed by atoms with van der Waals surface area (Å²) < 4.78 is 11.0. The molecule has 4 aliphatic carbocycles. The third kappa shape index (κ3) is 5.84. The van der Waals surface area contributed by atoms with Crippen LogP contribution in [0.3, 0.4) is 0 Å². The standard InChI is InChI=1S/C15H26O3.C15H24O3/c2*1-10(9-16)12-6-7-13-14(18-11(2)17)5-4-8-15(12,13)3/h10,12-14,16H,4-9H2,1-3H3;9-10,12-14H,4-8H2,1-3H3/t2*10?,12?,13?,14-,15+/m00/s1. The molecule has 206 valence electrons. The van der Waals surface area contributed by atoms with Gasteiger partial charge in [-0.25, -0.2) is 0 Å². The Bertz CT molecular complexity index is 781. The van der Waals surface area contributed by atoms with Crippen LogP contribution in [0.25, 0.3) is 0 Å². The highest BCUT2D eigenvalue weighted by Crippen LogP contribution is 2.59. The highest BCUT2D eigenvalue weighted by atomic mass is 16.5. The zero-order valence-electron chi connectivity index (χ0n) is 23.5. The van der Waals surface area contributed by atoms with Gasteiger partial charge in [0.15, 0.2) is 0 Å². The summed E-state index contributed by atoms with van der Waals surface area (Å²) in [6.45, 7) is 12.1. The Kier molecular flexibility index (Phi) is 9.68. The maximum atomic E-state index is 11.2. The molecule has 4 aliphatic rings. The quantitative estimate of drug-likeness (QED) is 0.365. The van der Waals surface area contributed by atoms with Gasteiger partial charge in [0.2, 0.25) is 0 Å². The summed E-state index contributed by atoms with van der Waals surface area (Å²) in [6, 6.07) is 0. The van der Waals surface area contributed by atoms with E-state index in [1.54, 1.807) is 0 Å². The minimum absolute atomic E-state index is 0.0742. The van der Waals surface area contributed by atoms with Gasteiger partial charge in [-0.3, -0.25) is 9.59 Å². The Labute approximate surface area is 218 Å². The van der Waals surface area contributed by atoms with Crippen LogP contribution in [0.4, 0.5) is 0 Å². The highest BCUT2D eigenvalue weighted by Gasteiger charge is 2.54. The maximum absolute atomic E-state index is 11.2. The van der Waals surface area contributed by atoms with Gasteiger partial charge in [-0.1, -0.05) is 27.7 Å². The van der Waals surface area contributed by atoms with Crippen molar-refractivity contribution < 1.29 is 29.0 Å². The molecule has 0 aliphatic heterocycles. The summed E-state index contributed by atoms with van der Waals surface area (Å²) in [5, 5.41) is 9.43. The third-order valence-electron chi connectivity index (χ3n) is 10.7. The average molecular weight is 507 g/mol. The lowest BCUT2D eigenvalue weighted by Crippen LogP contribution is -2.43. The van der Waals surface area contributed by atoms with E-state index in [0.717, 1.165) is 57.7 Å². The van der Waals surface area contributed by atoms with Crippen molar-refractivity contribution >= 4 is 18.2 Å². The number of aldehydes is 1. The van der Waals surface area contributed by atoms with Gasteiger partial charge in [0, 0.05) is 38.2 Å². The van der Waals surface area contributed by atoms with Gasteiger partial charge in [0.25, 0.3) is 0 Å². The summed E-state index contributed by atoms with van der Waals surface area (Å²) in [5.41, 5.74) is 0.430. The van der Waals surface area contributed by atoms with Crippen LogP contribution in [0.5, 0.6) is 0 Å². The molecule has 6 unspecified atom stereocenters. The second kappa shape index (κ2) is 12.0. The van der Waals surface area contributed by atoms with Gasteiger partial charge < -0.3 is 19.4 Å². The van der Waals surface area contributed by atoms with E-state index in [9.17, 15) is 19.5 Å². The lowest BCUT2D eigenvalue weighted by molar-refractivity contribution is -0.156. The van der Waals surface area contributed by atoms with Crippen molar-refractivity contribution in [3.05, 3.63) is 0 Å². The molecule has 0 aromatic rings. The molecular weight excluding hydrogens is 456 g/mol. The Balaban J connectivity index is 0.000000201. The molecule has 1 N–H and O–H groups in total. The third-order valence-corrected chi connectivity index (χ3v) is 10.7. The average Bonchev–Trinajstić information content (AvgIpc) is 3.36. The van der Waals surface area contributed by atoms with Crippen molar-refractivity contribution in [2.75, 3.05) is 6.61 Å². The monoisotopic (exact) mass is 506 g/mol. The molecule has 0 aromatic carbocycles. The zero-order chi connectivity index (χ0) is 26.7. The van der Waals surface area contributed by atoms with E-state index in [0.29, 0.717) is 29.6 Å². The first-order valence-corrected chi connectivity index (χ1v) is 14.4. The van der Waals surface area contributed by atoms with E-state index < -0.39 is 0 Å². The zero-order valence-corrected chi connectivity index (χ0v) is 23.5. The molecule has 0 heterocycles. The predicted octanol–water partition coefficient (Wildman–Crippen LogP) is 5.73. The molecule has 36 heavy (non-hydrogen) atoms. The number of carbonyl (C=O) groups excluding carboxylic acids is 3.